The van der Waals surface area contributed by atoms with Gasteiger partial charge in [-0.05, 0) is 43.4 Å². The molecule has 6 nitrogen and oxygen atoms in total. The summed E-state index contributed by atoms with van der Waals surface area (Å²) in [4.78, 5) is 17.8. The van der Waals surface area contributed by atoms with Crippen molar-refractivity contribution in [3.05, 3.63) is 0 Å². The van der Waals surface area contributed by atoms with Gasteiger partial charge < -0.3 is 20.7 Å². The summed E-state index contributed by atoms with van der Waals surface area (Å²) < 4.78 is 5.21. The average molecular weight is 310 g/mol. The Bertz CT molecular complexity index is 407. The van der Waals surface area contributed by atoms with E-state index in [9.17, 15) is 4.79 Å². The fourth-order valence-corrected chi connectivity index (χ4v) is 3.32. The number of hydrogen-bond donors (Lipinski definition) is 2. The summed E-state index contributed by atoms with van der Waals surface area (Å²) >= 11 is 0. The van der Waals surface area contributed by atoms with E-state index >= 15 is 0 Å². The number of guanidine groups is 1. The number of carbonyl (C=O) groups is 1. The molecule has 1 amide bonds. The molecule has 0 aromatic heterocycles. The number of hydrogen-bond acceptors (Lipinski definition) is 3. The summed E-state index contributed by atoms with van der Waals surface area (Å²) in [7, 11) is 3.59. The molecule has 0 aromatic rings. The van der Waals surface area contributed by atoms with Gasteiger partial charge in [-0.3, -0.25) is 9.79 Å². The molecule has 0 radical (unpaired) electrons. The number of ether oxygens (including phenoxy) is 1. The molecule has 2 rings (SSSR count). The van der Waals surface area contributed by atoms with Gasteiger partial charge in [-0.25, -0.2) is 0 Å². The summed E-state index contributed by atoms with van der Waals surface area (Å²) in [5.41, 5.74) is 5.73. The van der Waals surface area contributed by atoms with Crippen LogP contribution in [0.2, 0.25) is 0 Å². The molecule has 2 aliphatic rings. The molecular formula is C16H30N4O2. The highest BCUT2D eigenvalue weighted by Gasteiger charge is 2.42. The predicted octanol–water partition coefficient (Wildman–Crippen LogP) is 0.966. The maximum atomic E-state index is 11.1. The van der Waals surface area contributed by atoms with E-state index in [0.717, 1.165) is 51.5 Å². The smallest absolute Gasteiger partial charge is 0.217 e. The van der Waals surface area contributed by atoms with Crippen molar-refractivity contribution in [2.75, 3.05) is 40.4 Å². The molecule has 1 unspecified atom stereocenters. The highest BCUT2D eigenvalue weighted by Crippen LogP contribution is 2.48. The molecular weight excluding hydrogens is 280 g/mol. The van der Waals surface area contributed by atoms with Crippen LogP contribution in [0.1, 0.15) is 38.5 Å². The van der Waals surface area contributed by atoms with Crippen molar-refractivity contribution in [1.82, 2.24) is 10.2 Å². The monoisotopic (exact) mass is 310 g/mol. The Morgan fingerprint density at radius 1 is 1.50 bits per heavy atom. The number of nitrogens with zero attached hydrogens (tertiary/aromatic N) is 2. The number of rotatable bonds is 7. The molecule has 1 aliphatic carbocycles. The van der Waals surface area contributed by atoms with E-state index in [1.807, 2.05) is 7.05 Å². The van der Waals surface area contributed by atoms with Crippen LogP contribution in [0.5, 0.6) is 0 Å². The first-order valence-corrected chi connectivity index (χ1v) is 8.31. The zero-order valence-corrected chi connectivity index (χ0v) is 13.9. The third-order valence-corrected chi connectivity index (χ3v) is 4.94. The van der Waals surface area contributed by atoms with Crippen molar-refractivity contribution in [2.45, 2.75) is 38.5 Å². The van der Waals surface area contributed by atoms with Crippen LogP contribution in [-0.4, -0.2) is 57.2 Å². The van der Waals surface area contributed by atoms with E-state index in [1.165, 1.54) is 12.8 Å². The number of nitrogens with two attached hydrogens (primary N) is 1. The molecule has 2 fully saturated rings. The lowest BCUT2D eigenvalue weighted by atomic mass is 9.95. The lowest BCUT2D eigenvalue weighted by Crippen LogP contribution is -2.48. The van der Waals surface area contributed by atoms with Crippen molar-refractivity contribution in [1.29, 1.82) is 0 Å². The molecule has 22 heavy (non-hydrogen) atoms. The first-order chi connectivity index (χ1) is 10.6. The predicted molar refractivity (Wildman–Crippen MR) is 87.6 cm³/mol. The number of amides is 1. The minimum atomic E-state index is -0.203. The van der Waals surface area contributed by atoms with Crippen molar-refractivity contribution >= 4 is 11.9 Å². The van der Waals surface area contributed by atoms with Crippen molar-refractivity contribution in [3.8, 4) is 0 Å². The minimum absolute atomic E-state index is 0.203. The van der Waals surface area contributed by atoms with Crippen molar-refractivity contribution < 1.29 is 9.53 Å². The summed E-state index contributed by atoms with van der Waals surface area (Å²) in [5.74, 6) is 1.11. The first kappa shape index (κ1) is 17.1. The molecule has 3 N–H and O–H groups in total. The number of methoxy groups -OCH3 is 1. The Labute approximate surface area is 133 Å². The summed E-state index contributed by atoms with van der Waals surface area (Å²) in [6, 6.07) is 0. The lowest BCUT2D eigenvalue weighted by molar-refractivity contribution is -0.119. The average Bonchev–Trinajstić information content (AvgIpc) is 3.26. The normalized spacial score (nSPS) is 24.2. The van der Waals surface area contributed by atoms with E-state index in [1.54, 1.807) is 7.11 Å². The van der Waals surface area contributed by atoms with Crippen LogP contribution in [0.25, 0.3) is 0 Å². The van der Waals surface area contributed by atoms with Crippen LogP contribution >= 0.6 is 0 Å². The standard InChI is InChI=1S/C16H30N4O2/c1-18-15(19-12-16(5-6-16)7-9-22-2)20-8-3-4-13(11-20)10-14(17)21/h13H,3-12H2,1-2H3,(H2,17,21)(H,18,19). The Hall–Kier alpha value is -1.30. The Morgan fingerprint density at radius 2 is 2.27 bits per heavy atom. The van der Waals surface area contributed by atoms with Gasteiger partial charge in [-0.1, -0.05) is 0 Å². The molecule has 0 spiro atoms. The minimum Gasteiger partial charge on any atom is -0.385 e. The van der Waals surface area contributed by atoms with Crippen molar-refractivity contribution in [3.63, 3.8) is 0 Å². The van der Waals surface area contributed by atoms with Gasteiger partial charge in [0.2, 0.25) is 5.91 Å². The SMILES string of the molecule is CN=C(NCC1(CCOC)CC1)N1CCCC(CC(N)=O)C1. The van der Waals surface area contributed by atoms with Crippen molar-refractivity contribution in [2.24, 2.45) is 22.1 Å². The molecule has 126 valence electrons. The van der Waals surface area contributed by atoms with E-state index in [0.29, 0.717) is 17.8 Å². The molecule has 0 bridgehead atoms. The second-order valence-electron chi connectivity index (χ2n) is 6.77. The molecule has 6 heteroatoms. The van der Waals surface area contributed by atoms with Gasteiger partial charge in [0.05, 0.1) is 0 Å². The molecule has 1 heterocycles. The second-order valence-corrected chi connectivity index (χ2v) is 6.77. The van der Waals surface area contributed by atoms with Gasteiger partial charge >= 0.3 is 0 Å². The maximum absolute atomic E-state index is 11.1. The molecule has 1 aliphatic heterocycles. The Kier molecular flexibility index (Phi) is 6.06. The van der Waals surface area contributed by atoms with E-state index in [-0.39, 0.29) is 5.91 Å². The van der Waals surface area contributed by atoms with E-state index in [4.69, 9.17) is 10.5 Å². The van der Waals surface area contributed by atoms with Gasteiger partial charge in [-0.2, -0.15) is 0 Å². The highest BCUT2D eigenvalue weighted by molar-refractivity contribution is 5.80. The van der Waals surface area contributed by atoms with Gasteiger partial charge in [0.1, 0.15) is 0 Å². The quantitative estimate of drug-likeness (QED) is 0.542. The zero-order chi connectivity index (χ0) is 16.0. The molecule has 1 atom stereocenters. The lowest BCUT2D eigenvalue weighted by Gasteiger charge is -2.35. The number of likely N-dealkylation sites (tertiary alicyclic amines) is 1. The Balaban J connectivity index is 1.82. The van der Waals surface area contributed by atoms with Crippen LogP contribution in [0.3, 0.4) is 0 Å². The topological polar surface area (TPSA) is 80.0 Å². The maximum Gasteiger partial charge on any atom is 0.217 e. The van der Waals surface area contributed by atoms with Gasteiger partial charge in [0.15, 0.2) is 5.96 Å². The first-order valence-electron chi connectivity index (χ1n) is 8.31. The Morgan fingerprint density at radius 3 is 2.86 bits per heavy atom. The number of primary amides is 1. The number of piperidine rings is 1. The van der Waals surface area contributed by atoms with Crippen LogP contribution < -0.4 is 11.1 Å². The highest BCUT2D eigenvalue weighted by atomic mass is 16.5. The van der Waals surface area contributed by atoms with Crippen LogP contribution in [0.15, 0.2) is 4.99 Å². The zero-order valence-electron chi connectivity index (χ0n) is 13.9. The number of nitrogens with one attached hydrogen (secondary N) is 1. The fourth-order valence-electron chi connectivity index (χ4n) is 3.32. The summed E-state index contributed by atoms with van der Waals surface area (Å²) in [6.45, 7) is 3.65. The van der Waals surface area contributed by atoms with Gasteiger partial charge in [0.25, 0.3) is 0 Å². The largest absolute Gasteiger partial charge is 0.385 e. The van der Waals surface area contributed by atoms with E-state index in [2.05, 4.69) is 15.2 Å². The molecule has 0 aromatic carbocycles. The third kappa shape index (κ3) is 4.87. The van der Waals surface area contributed by atoms with Crippen LogP contribution in [0, 0.1) is 11.3 Å². The van der Waals surface area contributed by atoms with Gasteiger partial charge in [0, 0.05) is 46.8 Å². The number of aliphatic imine (C=N–C) groups is 1. The van der Waals surface area contributed by atoms with Crippen LogP contribution in [0.4, 0.5) is 0 Å². The van der Waals surface area contributed by atoms with Gasteiger partial charge in [-0.15, -0.1) is 0 Å². The second kappa shape index (κ2) is 7.81. The summed E-state index contributed by atoms with van der Waals surface area (Å²) in [5, 5.41) is 3.53. The molecule has 1 saturated heterocycles. The summed E-state index contributed by atoms with van der Waals surface area (Å²) in [6.07, 6.45) is 6.29. The van der Waals surface area contributed by atoms with E-state index < -0.39 is 0 Å². The fraction of sp³-hybridized carbons (Fsp3) is 0.875. The molecule has 1 saturated carbocycles. The third-order valence-electron chi connectivity index (χ3n) is 4.94. The number of carbonyl (C=O) groups excluding carboxylic acids is 1. The van der Waals surface area contributed by atoms with Crippen LogP contribution in [-0.2, 0) is 9.53 Å².